The SMILES string of the molecule is Brc1ccc(N(c2ccc(Br)cc2)c2ccc(-c3ccc4c(c3)C3CC5CC(CC4C5)C3)cc2)cc1.CC1(C)Oc2ccc(-c3ccc(N(c4ccc(Br)cc4)c4ccc(Br)cc4)cc3)cc2C1(C)C.CC1(C)c2ccc(-c3ccc(N(c4ccc(Br)cc4)c4ccc(Br)cc4)cc3)cc2C(C)(C)C1(C)C.[2H]c1c([2H])c2c(c([2H])c1-c1ccc(N(c3ccccc3)c3ccccc3)cc1)C(C)(C)C(C)(C)C2(C)C. The summed E-state index contributed by atoms with van der Waals surface area (Å²) in [5, 5.41) is 0. The Balaban J connectivity index is 0.000000121. The summed E-state index contributed by atoms with van der Waals surface area (Å²) in [7, 11) is 0. The van der Waals surface area contributed by atoms with Crippen molar-refractivity contribution in [2.75, 3.05) is 19.6 Å². The van der Waals surface area contributed by atoms with E-state index in [2.05, 4.69) is 523 Å². The largest absolute Gasteiger partial charge is 0.487 e. The molecule has 0 aromatic heterocycles. The van der Waals surface area contributed by atoms with Gasteiger partial charge in [-0.3, -0.25) is 0 Å². The zero-order valence-electron chi connectivity index (χ0n) is 85.9. The van der Waals surface area contributed by atoms with Crippen LogP contribution in [0.25, 0.3) is 44.5 Å². The molecule has 0 radical (unpaired) electrons. The van der Waals surface area contributed by atoms with Gasteiger partial charge in [-0.05, 0) is 411 Å². The molecule has 2 unspecified atom stereocenters. The Bertz CT molecular complexity index is 7150. The van der Waals surface area contributed by atoms with Gasteiger partial charge in [0.15, 0.2) is 0 Å². The molecule has 1 aliphatic heterocycles. The summed E-state index contributed by atoms with van der Waals surface area (Å²) in [6.07, 6.45) is 7.17. The number of hydrogen-bond acceptors (Lipinski definition) is 5. The minimum Gasteiger partial charge on any atom is -0.487 e. The Morgan fingerprint density at radius 3 is 0.843 bits per heavy atom. The summed E-state index contributed by atoms with van der Waals surface area (Å²) in [6, 6.07) is 128. The Labute approximate surface area is 886 Å². The van der Waals surface area contributed by atoms with Gasteiger partial charge in [-0.15, -0.1) is 0 Å². The van der Waals surface area contributed by atoms with Gasteiger partial charge in [0.05, 0.1) is 4.11 Å². The number of para-hydroxylation sites is 2. The molecule has 0 spiro atoms. The predicted octanol–water partition coefficient (Wildman–Crippen LogP) is 40.9. The number of hydrogen-bond donors (Lipinski definition) is 0. The van der Waals surface area contributed by atoms with Gasteiger partial charge in [-0.2, -0.15) is 0 Å². The van der Waals surface area contributed by atoms with Crippen molar-refractivity contribution in [1.82, 2.24) is 0 Å². The highest BCUT2D eigenvalue weighted by molar-refractivity contribution is 9.11. The Kier molecular flexibility index (Phi) is 26.2. The third-order valence-electron chi connectivity index (χ3n) is 33.6. The highest BCUT2D eigenvalue weighted by Crippen LogP contribution is 2.65. The zero-order chi connectivity index (χ0) is 101. The first-order valence-corrected chi connectivity index (χ1v) is 53.9. The molecule has 0 saturated heterocycles. The van der Waals surface area contributed by atoms with Crippen molar-refractivity contribution in [1.29, 1.82) is 0 Å². The first-order valence-electron chi connectivity index (χ1n) is 50.6. The summed E-state index contributed by atoms with van der Waals surface area (Å²) < 4.78 is 40.0. The van der Waals surface area contributed by atoms with E-state index in [1.165, 1.54) is 82.2 Å². The molecule has 11 heteroatoms. The topological polar surface area (TPSA) is 22.2 Å². The highest BCUT2D eigenvalue weighted by atomic mass is 79.9. The van der Waals surface area contributed by atoms with Crippen molar-refractivity contribution < 1.29 is 8.85 Å². The number of rotatable bonds is 16. The normalized spacial score (nSPS) is 18.7. The summed E-state index contributed by atoms with van der Waals surface area (Å²) in [5.74, 6) is 4.50. The number of benzene rings is 16. The minimum atomic E-state index is -0.317. The second kappa shape index (κ2) is 38.9. The van der Waals surface area contributed by atoms with Crippen LogP contribution < -0.4 is 24.3 Å². The van der Waals surface area contributed by atoms with Gasteiger partial charge in [0.1, 0.15) is 11.4 Å². The molecule has 708 valence electrons. The molecule has 1 heterocycles. The first-order chi connectivity index (χ1) is 68.1. The zero-order valence-corrected chi connectivity index (χ0v) is 92.4. The van der Waals surface area contributed by atoms with Crippen molar-refractivity contribution >= 4 is 164 Å². The van der Waals surface area contributed by atoms with Gasteiger partial charge in [0.2, 0.25) is 0 Å². The van der Waals surface area contributed by atoms with Gasteiger partial charge >= 0.3 is 0 Å². The molecule has 2 saturated carbocycles. The molecule has 5 nitrogen and oxygen atoms in total. The minimum absolute atomic E-state index is 0.0573. The Morgan fingerprint density at radius 1 is 0.229 bits per heavy atom. The summed E-state index contributed by atoms with van der Waals surface area (Å²) >= 11 is 21.4. The van der Waals surface area contributed by atoms with Crippen molar-refractivity contribution in [3.8, 4) is 50.3 Å². The number of anilines is 12. The van der Waals surface area contributed by atoms with Crippen LogP contribution in [-0.2, 0) is 27.1 Å². The van der Waals surface area contributed by atoms with Crippen molar-refractivity contribution in [2.45, 2.75) is 187 Å². The molecule has 7 aliphatic rings. The lowest BCUT2D eigenvalue weighted by Gasteiger charge is -2.44. The van der Waals surface area contributed by atoms with E-state index in [-0.39, 0.29) is 55.6 Å². The summed E-state index contributed by atoms with van der Waals surface area (Å²) in [5.41, 5.74) is 30.8. The fourth-order valence-corrected chi connectivity index (χ4v) is 24.2. The molecule has 16 aromatic rings. The van der Waals surface area contributed by atoms with Gasteiger partial charge in [-0.1, -0.05) is 338 Å². The van der Waals surface area contributed by atoms with Gasteiger partial charge in [0.25, 0.3) is 0 Å². The van der Waals surface area contributed by atoms with Crippen LogP contribution >= 0.6 is 95.6 Å². The molecule has 6 aliphatic carbocycles. The maximum absolute atomic E-state index is 9.30. The van der Waals surface area contributed by atoms with E-state index in [9.17, 15) is 1.37 Å². The van der Waals surface area contributed by atoms with E-state index < -0.39 is 0 Å². The van der Waals surface area contributed by atoms with Gasteiger partial charge in [0, 0.05) is 106 Å². The molecular weight excluding hydrogens is 2100 g/mol. The number of fused-ring (bicyclic) bond motifs is 3. The second-order valence-corrected chi connectivity index (χ2v) is 48.7. The third kappa shape index (κ3) is 18.8. The number of nitrogens with zero attached hydrogens (tertiary/aromatic N) is 4. The van der Waals surface area contributed by atoms with Gasteiger partial charge < -0.3 is 24.3 Å². The molecule has 0 N–H and O–H groups in total. The Hall–Kier alpha value is -10.6. The van der Waals surface area contributed by atoms with E-state index in [0.717, 1.165) is 141 Å². The van der Waals surface area contributed by atoms with Crippen molar-refractivity contribution in [3.63, 3.8) is 0 Å². The fraction of sp³-hybridized carbons (Fsp3) is 0.256. The lowest BCUT2D eigenvalue weighted by atomic mass is 9.59. The second-order valence-electron chi connectivity index (χ2n) is 43.2. The monoisotopic (exact) mass is 2220 g/mol. The average Bonchev–Trinajstić information content (AvgIpc) is 1.52. The summed E-state index contributed by atoms with van der Waals surface area (Å²) in [6.45, 7) is 36.4. The van der Waals surface area contributed by atoms with Crippen molar-refractivity contribution in [3.05, 3.63) is 442 Å². The van der Waals surface area contributed by atoms with Crippen LogP contribution in [0.5, 0.6) is 5.75 Å². The molecular formula is C129H124Br6N4O. The molecule has 140 heavy (non-hydrogen) atoms. The molecule has 0 amide bonds. The molecule has 23 rings (SSSR count). The van der Waals surface area contributed by atoms with E-state index in [0.29, 0.717) is 11.6 Å². The average molecular weight is 2230 g/mol. The predicted molar refractivity (Wildman–Crippen MR) is 615 cm³/mol. The van der Waals surface area contributed by atoms with E-state index in [4.69, 9.17) is 7.48 Å². The van der Waals surface area contributed by atoms with Crippen LogP contribution in [0.4, 0.5) is 68.2 Å². The van der Waals surface area contributed by atoms with Crippen LogP contribution in [0.15, 0.2) is 403 Å². The maximum Gasteiger partial charge on any atom is 0.124 e. The van der Waals surface area contributed by atoms with Crippen molar-refractivity contribution in [2.24, 2.45) is 22.7 Å². The fourth-order valence-electron chi connectivity index (χ4n) is 22.7. The van der Waals surface area contributed by atoms with Crippen LogP contribution in [0.2, 0.25) is 0 Å². The Morgan fingerprint density at radius 2 is 0.493 bits per heavy atom. The van der Waals surface area contributed by atoms with Crippen LogP contribution in [0.3, 0.4) is 0 Å². The molecule has 2 fully saturated rings. The lowest BCUT2D eigenvalue weighted by molar-refractivity contribution is 0.0712. The number of ether oxygens (including phenoxy) is 1. The van der Waals surface area contributed by atoms with E-state index >= 15 is 0 Å². The smallest absolute Gasteiger partial charge is 0.124 e. The lowest BCUT2D eigenvalue weighted by Crippen LogP contribution is -2.42. The third-order valence-corrected chi connectivity index (χ3v) is 36.8. The van der Waals surface area contributed by atoms with Crippen LogP contribution in [0, 0.1) is 22.7 Å². The first kappa shape index (κ1) is 94.3. The van der Waals surface area contributed by atoms with E-state index in [1.54, 1.807) is 11.1 Å². The van der Waals surface area contributed by atoms with Gasteiger partial charge in [-0.25, -0.2) is 0 Å². The number of halogens is 6. The standard InChI is InChI=1S/C33H29Br2N.C33H33Br2N.C33H35N.C30H27Br2NO/c34-27-4-10-30(11-5-27)36(31-12-6-28(35)7-13-31)29-8-1-23(2-9-29)24-3-14-32-25-16-21-15-22(17-25)19-26(18-21)33(32)20-24;1-31(2)29-20-9-23(21-30(29)32(3,4)33(31,5)6)22-7-14-26(15-8-22)36(27-16-10-24(34)11-17-27)28-18-12-25(35)13-19-28;1-31(2)29-22-19-25(23-30(29)32(3,4)33(31,5)6)24-17-20-28(21-18-24)34(26-13-9-7-10-14-26)27-15-11-8-12-16-27;1-29(2)27-19-21(7-18-28(27)34-30(29,3)4)20-5-12-24(13-6-20)33(25-14-8-22(31)9-15-25)26-16-10-23(32)11-17-26/h1-14,20-22,25-26H,15-19H2;7-21H,1-6H3;7-23H,1-6H3;5-19H,1-4H3/i;;19D,22D,23D;. The quantitative estimate of drug-likeness (QED) is 0.0959. The van der Waals surface area contributed by atoms with Crippen LogP contribution in [-0.4, -0.2) is 5.60 Å². The van der Waals surface area contributed by atoms with E-state index in [1.807, 2.05) is 60.7 Å². The maximum atomic E-state index is 9.30. The summed E-state index contributed by atoms with van der Waals surface area (Å²) in [4.78, 5) is 9.07. The molecule has 2 atom stereocenters. The highest BCUT2D eigenvalue weighted by Gasteiger charge is 2.58. The molecule has 4 bridgehead atoms. The van der Waals surface area contributed by atoms with Crippen LogP contribution in [0.1, 0.15) is 198 Å². The molecule has 16 aromatic carbocycles.